The van der Waals surface area contributed by atoms with E-state index in [0.29, 0.717) is 5.69 Å². The lowest BCUT2D eigenvalue weighted by Crippen LogP contribution is -2.13. The van der Waals surface area contributed by atoms with Crippen LogP contribution in [0, 0.1) is 25.2 Å². The molecule has 3 heteroatoms. The second kappa shape index (κ2) is 7.42. The van der Waals surface area contributed by atoms with Gasteiger partial charge in [-0.15, -0.1) is 0 Å². The van der Waals surface area contributed by atoms with Gasteiger partial charge in [0, 0.05) is 5.69 Å². The molecule has 0 heterocycles. The number of anilines is 1. The SMILES string of the molecule is CCc1ccc(/C=C(\C#N)C(=O)Nc2ccc(C)c(C)c2)cc1. The Labute approximate surface area is 137 Å². The minimum Gasteiger partial charge on any atom is -0.321 e. The largest absolute Gasteiger partial charge is 0.321 e. The number of aryl methyl sites for hydroxylation is 3. The highest BCUT2D eigenvalue weighted by Crippen LogP contribution is 2.16. The van der Waals surface area contributed by atoms with E-state index in [-0.39, 0.29) is 5.57 Å². The fourth-order valence-corrected chi connectivity index (χ4v) is 2.18. The lowest BCUT2D eigenvalue weighted by atomic mass is 10.1. The van der Waals surface area contributed by atoms with E-state index in [0.717, 1.165) is 23.1 Å². The van der Waals surface area contributed by atoms with Gasteiger partial charge in [0.05, 0.1) is 0 Å². The van der Waals surface area contributed by atoms with Gasteiger partial charge in [-0.2, -0.15) is 5.26 Å². The maximum atomic E-state index is 12.3. The number of rotatable bonds is 4. The Hall–Kier alpha value is -2.86. The summed E-state index contributed by atoms with van der Waals surface area (Å²) < 4.78 is 0. The number of nitriles is 1. The summed E-state index contributed by atoms with van der Waals surface area (Å²) in [5.41, 5.74) is 5.11. The Morgan fingerprint density at radius 3 is 2.39 bits per heavy atom. The number of amides is 1. The molecule has 0 fully saturated rings. The third-order valence-corrected chi connectivity index (χ3v) is 3.83. The van der Waals surface area contributed by atoms with Crippen LogP contribution in [0.1, 0.15) is 29.2 Å². The van der Waals surface area contributed by atoms with E-state index in [2.05, 4.69) is 12.2 Å². The molecule has 2 rings (SSSR count). The summed E-state index contributed by atoms with van der Waals surface area (Å²) in [5, 5.41) is 12.0. The molecule has 2 aromatic rings. The monoisotopic (exact) mass is 304 g/mol. The van der Waals surface area contributed by atoms with Gasteiger partial charge in [-0.1, -0.05) is 37.3 Å². The summed E-state index contributed by atoms with van der Waals surface area (Å²) in [7, 11) is 0. The van der Waals surface area contributed by atoms with Crippen LogP contribution in [0.5, 0.6) is 0 Å². The maximum absolute atomic E-state index is 12.3. The van der Waals surface area contributed by atoms with Crippen LogP contribution in [0.2, 0.25) is 0 Å². The number of benzene rings is 2. The van der Waals surface area contributed by atoms with Crippen molar-refractivity contribution in [3.05, 3.63) is 70.3 Å². The summed E-state index contributed by atoms with van der Waals surface area (Å²) in [6.45, 7) is 6.09. The van der Waals surface area contributed by atoms with Gasteiger partial charge in [-0.3, -0.25) is 4.79 Å². The van der Waals surface area contributed by atoms with Crippen molar-refractivity contribution in [2.45, 2.75) is 27.2 Å². The number of nitrogens with one attached hydrogen (secondary N) is 1. The average Bonchev–Trinajstić information content (AvgIpc) is 2.56. The highest BCUT2D eigenvalue weighted by molar-refractivity contribution is 6.09. The van der Waals surface area contributed by atoms with Gasteiger partial charge < -0.3 is 5.32 Å². The minimum atomic E-state index is -0.393. The van der Waals surface area contributed by atoms with Gasteiger partial charge in [-0.25, -0.2) is 0 Å². The van der Waals surface area contributed by atoms with Crippen LogP contribution >= 0.6 is 0 Å². The molecule has 2 aromatic carbocycles. The quantitative estimate of drug-likeness (QED) is 0.672. The van der Waals surface area contributed by atoms with E-state index < -0.39 is 5.91 Å². The highest BCUT2D eigenvalue weighted by Gasteiger charge is 2.10. The molecule has 23 heavy (non-hydrogen) atoms. The van der Waals surface area contributed by atoms with Crippen molar-refractivity contribution in [2.75, 3.05) is 5.32 Å². The predicted molar refractivity (Wildman–Crippen MR) is 94.0 cm³/mol. The van der Waals surface area contributed by atoms with E-state index in [1.807, 2.05) is 62.4 Å². The average molecular weight is 304 g/mol. The van der Waals surface area contributed by atoms with Crippen molar-refractivity contribution in [1.29, 1.82) is 5.26 Å². The third-order valence-electron chi connectivity index (χ3n) is 3.83. The number of nitrogens with zero attached hydrogens (tertiary/aromatic N) is 1. The number of carbonyl (C=O) groups excluding carboxylic acids is 1. The van der Waals surface area contributed by atoms with Crippen molar-refractivity contribution in [3.63, 3.8) is 0 Å². The number of hydrogen-bond donors (Lipinski definition) is 1. The molecule has 0 atom stereocenters. The van der Waals surface area contributed by atoms with E-state index in [1.165, 1.54) is 5.56 Å². The van der Waals surface area contributed by atoms with Gasteiger partial charge in [0.15, 0.2) is 0 Å². The molecular formula is C20H20N2O. The Bertz CT molecular complexity index is 780. The Kier molecular flexibility index (Phi) is 5.32. The van der Waals surface area contributed by atoms with Crippen molar-refractivity contribution in [1.82, 2.24) is 0 Å². The molecule has 0 aliphatic rings. The summed E-state index contributed by atoms with van der Waals surface area (Å²) in [6.07, 6.45) is 2.57. The highest BCUT2D eigenvalue weighted by atomic mass is 16.1. The fraction of sp³-hybridized carbons (Fsp3) is 0.200. The Morgan fingerprint density at radius 1 is 1.13 bits per heavy atom. The third kappa shape index (κ3) is 4.31. The topological polar surface area (TPSA) is 52.9 Å². The second-order valence-electron chi connectivity index (χ2n) is 5.52. The number of hydrogen-bond acceptors (Lipinski definition) is 2. The molecule has 1 N–H and O–H groups in total. The molecule has 0 saturated carbocycles. The van der Waals surface area contributed by atoms with Crippen LogP contribution in [-0.2, 0) is 11.2 Å². The molecule has 3 nitrogen and oxygen atoms in total. The van der Waals surface area contributed by atoms with E-state index >= 15 is 0 Å². The fourth-order valence-electron chi connectivity index (χ4n) is 2.18. The lowest BCUT2D eigenvalue weighted by Gasteiger charge is -2.07. The smallest absolute Gasteiger partial charge is 0.266 e. The first-order valence-corrected chi connectivity index (χ1v) is 7.63. The lowest BCUT2D eigenvalue weighted by molar-refractivity contribution is -0.112. The van der Waals surface area contributed by atoms with Crippen molar-refractivity contribution in [2.24, 2.45) is 0 Å². The molecule has 0 bridgehead atoms. The van der Waals surface area contributed by atoms with Gasteiger partial charge >= 0.3 is 0 Å². The molecule has 0 aliphatic carbocycles. The van der Waals surface area contributed by atoms with Gasteiger partial charge in [0.1, 0.15) is 11.6 Å². The summed E-state index contributed by atoms with van der Waals surface area (Å²) in [4.78, 5) is 12.3. The molecule has 0 radical (unpaired) electrons. The maximum Gasteiger partial charge on any atom is 0.266 e. The van der Waals surface area contributed by atoms with E-state index in [4.69, 9.17) is 0 Å². The van der Waals surface area contributed by atoms with Crippen LogP contribution in [0.25, 0.3) is 6.08 Å². The summed E-state index contributed by atoms with van der Waals surface area (Å²) >= 11 is 0. The molecular weight excluding hydrogens is 284 g/mol. The zero-order valence-corrected chi connectivity index (χ0v) is 13.7. The Balaban J connectivity index is 2.18. The van der Waals surface area contributed by atoms with Gasteiger partial charge in [0.2, 0.25) is 0 Å². The van der Waals surface area contributed by atoms with Crippen LogP contribution in [0.4, 0.5) is 5.69 Å². The number of carbonyl (C=O) groups is 1. The first-order chi connectivity index (χ1) is 11.0. The molecule has 116 valence electrons. The van der Waals surface area contributed by atoms with Crippen molar-refractivity contribution in [3.8, 4) is 6.07 Å². The first-order valence-electron chi connectivity index (χ1n) is 7.63. The molecule has 0 unspecified atom stereocenters. The van der Waals surface area contributed by atoms with E-state index in [1.54, 1.807) is 6.08 Å². The van der Waals surface area contributed by atoms with E-state index in [9.17, 15) is 10.1 Å². The van der Waals surface area contributed by atoms with Crippen LogP contribution < -0.4 is 5.32 Å². The molecule has 0 spiro atoms. The zero-order valence-electron chi connectivity index (χ0n) is 13.7. The zero-order chi connectivity index (χ0) is 16.8. The summed E-state index contributed by atoms with van der Waals surface area (Å²) in [5.74, 6) is -0.393. The molecule has 0 aromatic heterocycles. The molecule has 0 saturated heterocycles. The minimum absolute atomic E-state index is 0.0903. The normalized spacial score (nSPS) is 11.0. The predicted octanol–water partition coefficient (Wildman–Crippen LogP) is 4.41. The van der Waals surface area contributed by atoms with Crippen LogP contribution in [0.15, 0.2) is 48.0 Å². The Morgan fingerprint density at radius 2 is 1.83 bits per heavy atom. The molecule has 0 aliphatic heterocycles. The first kappa shape index (κ1) is 16.5. The van der Waals surface area contributed by atoms with Crippen molar-refractivity contribution < 1.29 is 4.79 Å². The standard InChI is InChI=1S/C20H20N2O/c1-4-16-6-8-17(9-7-16)12-18(13-21)20(23)22-19-10-5-14(2)15(3)11-19/h5-12H,4H2,1-3H3,(H,22,23)/b18-12+. The van der Waals surface area contributed by atoms with Gasteiger partial charge in [0.25, 0.3) is 5.91 Å². The van der Waals surface area contributed by atoms with Crippen LogP contribution in [-0.4, -0.2) is 5.91 Å². The summed E-state index contributed by atoms with van der Waals surface area (Å²) in [6, 6.07) is 15.5. The second-order valence-corrected chi connectivity index (χ2v) is 5.52. The van der Waals surface area contributed by atoms with Gasteiger partial charge in [-0.05, 0) is 60.7 Å². The van der Waals surface area contributed by atoms with Crippen LogP contribution in [0.3, 0.4) is 0 Å². The molecule has 1 amide bonds. The van der Waals surface area contributed by atoms with Crippen molar-refractivity contribution >= 4 is 17.7 Å².